The summed E-state index contributed by atoms with van der Waals surface area (Å²) in [7, 11) is 0. The number of aromatic amines is 1. The molecule has 5 rings (SSSR count). The third kappa shape index (κ3) is 4.02. The van der Waals surface area contributed by atoms with Crippen LogP contribution in [-0.2, 0) is 4.79 Å². The summed E-state index contributed by atoms with van der Waals surface area (Å²) in [6, 6.07) is 5.69. The van der Waals surface area contributed by atoms with Crippen LogP contribution >= 0.6 is 11.3 Å². The molecule has 10 heteroatoms. The first kappa shape index (κ1) is 21.3. The third-order valence-corrected chi connectivity index (χ3v) is 6.80. The van der Waals surface area contributed by atoms with Crippen molar-refractivity contribution >= 4 is 34.5 Å². The van der Waals surface area contributed by atoms with Gasteiger partial charge in [0.05, 0.1) is 34.1 Å². The van der Waals surface area contributed by atoms with E-state index < -0.39 is 0 Å². The first-order chi connectivity index (χ1) is 16.0. The van der Waals surface area contributed by atoms with Crippen LogP contribution in [-0.4, -0.2) is 42.4 Å². The van der Waals surface area contributed by atoms with Gasteiger partial charge >= 0.3 is 0 Å². The lowest BCUT2D eigenvalue weighted by atomic mass is 10.2. The van der Waals surface area contributed by atoms with Crippen LogP contribution in [0.4, 0.5) is 5.69 Å². The summed E-state index contributed by atoms with van der Waals surface area (Å²) in [5.74, 6) is 0.343. The molecule has 2 N–H and O–H groups in total. The van der Waals surface area contributed by atoms with E-state index in [0.29, 0.717) is 29.1 Å². The van der Waals surface area contributed by atoms with Crippen molar-refractivity contribution < 1.29 is 9.59 Å². The van der Waals surface area contributed by atoms with Gasteiger partial charge in [-0.25, -0.2) is 9.97 Å². The van der Waals surface area contributed by atoms with Crippen molar-refractivity contribution in [1.29, 1.82) is 0 Å². The van der Waals surface area contributed by atoms with Gasteiger partial charge in [-0.1, -0.05) is 6.92 Å². The van der Waals surface area contributed by atoms with Gasteiger partial charge in [0.2, 0.25) is 5.91 Å². The number of carbonyl (C=O) groups excluding carboxylic acids is 2. The molecule has 4 aromatic heterocycles. The maximum atomic E-state index is 13.3. The van der Waals surface area contributed by atoms with Gasteiger partial charge in [-0.3, -0.25) is 19.1 Å². The molecule has 170 valence electrons. The Morgan fingerprint density at radius 3 is 2.79 bits per heavy atom. The van der Waals surface area contributed by atoms with Crippen LogP contribution in [0.5, 0.6) is 0 Å². The number of nitrogens with zero attached hydrogens (tertiary/aromatic N) is 5. The van der Waals surface area contributed by atoms with Gasteiger partial charge in [0.1, 0.15) is 12.2 Å². The van der Waals surface area contributed by atoms with Gasteiger partial charge in [-0.2, -0.15) is 5.10 Å². The van der Waals surface area contributed by atoms with E-state index in [4.69, 9.17) is 0 Å². The van der Waals surface area contributed by atoms with Crippen LogP contribution in [0.25, 0.3) is 16.2 Å². The molecule has 33 heavy (non-hydrogen) atoms. The molecule has 0 aromatic carbocycles. The highest BCUT2D eigenvalue weighted by Gasteiger charge is 2.35. The standard InChI is InChI=1S/C23H25N7O2S/c1-4-20(31)30(16-6-7-16)17-9-15(23(32)27-14(3)21-25-12-26-28-21)11-29-18(10-24-22(17)29)19-8-5-13(2)33-19/h5,8-12,14,16H,4,6-7H2,1-3H3,(H,27,32)(H,25,26,28). The summed E-state index contributed by atoms with van der Waals surface area (Å²) in [5, 5.41) is 9.60. The zero-order valence-corrected chi connectivity index (χ0v) is 19.5. The van der Waals surface area contributed by atoms with E-state index in [0.717, 1.165) is 23.4 Å². The topological polar surface area (TPSA) is 108 Å². The van der Waals surface area contributed by atoms with Gasteiger partial charge in [0.15, 0.2) is 5.65 Å². The summed E-state index contributed by atoms with van der Waals surface area (Å²) in [4.78, 5) is 39.0. The highest BCUT2D eigenvalue weighted by molar-refractivity contribution is 7.15. The fourth-order valence-electron chi connectivity index (χ4n) is 3.93. The van der Waals surface area contributed by atoms with Gasteiger partial charge in [0.25, 0.3) is 5.91 Å². The molecule has 4 heterocycles. The zero-order chi connectivity index (χ0) is 23.1. The summed E-state index contributed by atoms with van der Waals surface area (Å²) < 4.78 is 1.92. The number of anilines is 1. The highest BCUT2D eigenvalue weighted by Crippen LogP contribution is 2.37. The lowest BCUT2D eigenvalue weighted by Crippen LogP contribution is -2.33. The molecule has 0 spiro atoms. The molecule has 0 aliphatic heterocycles. The Kier molecular flexibility index (Phi) is 5.45. The Hall–Kier alpha value is -3.53. The average Bonchev–Trinajstić information content (AvgIpc) is 3.20. The molecular weight excluding hydrogens is 438 g/mol. The normalized spacial score (nSPS) is 14.4. The second-order valence-electron chi connectivity index (χ2n) is 8.28. The molecule has 9 nitrogen and oxygen atoms in total. The highest BCUT2D eigenvalue weighted by atomic mass is 32.1. The van der Waals surface area contributed by atoms with Crippen molar-refractivity contribution in [2.45, 2.75) is 52.1 Å². The lowest BCUT2D eigenvalue weighted by molar-refractivity contribution is -0.118. The number of thiophene rings is 1. The van der Waals surface area contributed by atoms with Crippen molar-refractivity contribution in [2.75, 3.05) is 4.90 Å². The van der Waals surface area contributed by atoms with Crippen LogP contribution in [0.3, 0.4) is 0 Å². The molecule has 2 amide bonds. The lowest BCUT2D eigenvalue weighted by Gasteiger charge is -2.23. The van der Waals surface area contributed by atoms with Gasteiger partial charge < -0.3 is 10.2 Å². The number of nitrogens with one attached hydrogen (secondary N) is 2. The number of aromatic nitrogens is 5. The smallest absolute Gasteiger partial charge is 0.253 e. The minimum absolute atomic E-state index is 0.0310. The molecular formula is C23H25N7O2S. The largest absolute Gasteiger partial charge is 0.342 e. The third-order valence-electron chi connectivity index (χ3n) is 5.78. The quantitative estimate of drug-likeness (QED) is 0.432. The van der Waals surface area contributed by atoms with Crippen molar-refractivity contribution in [3.63, 3.8) is 0 Å². The number of fused-ring (bicyclic) bond motifs is 1. The number of pyridine rings is 1. The number of hydrogen-bond donors (Lipinski definition) is 2. The molecule has 1 unspecified atom stereocenters. The maximum absolute atomic E-state index is 13.3. The minimum atomic E-state index is -0.349. The molecule has 0 saturated heterocycles. The Balaban J connectivity index is 1.62. The van der Waals surface area contributed by atoms with E-state index in [2.05, 4.69) is 44.5 Å². The number of amides is 2. The average molecular weight is 464 g/mol. The molecule has 1 aliphatic rings. The zero-order valence-electron chi connectivity index (χ0n) is 18.7. The Bertz CT molecular complexity index is 1320. The molecule has 4 aromatic rings. The summed E-state index contributed by atoms with van der Waals surface area (Å²) in [5.41, 5.74) is 2.68. The van der Waals surface area contributed by atoms with E-state index in [1.807, 2.05) is 29.3 Å². The monoisotopic (exact) mass is 463 g/mol. The molecule has 1 aliphatic carbocycles. The van der Waals surface area contributed by atoms with E-state index in [-0.39, 0.29) is 23.9 Å². The van der Waals surface area contributed by atoms with Crippen LogP contribution in [0.15, 0.2) is 36.9 Å². The van der Waals surface area contributed by atoms with Crippen molar-refractivity contribution in [1.82, 2.24) is 29.9 Å². The van der Waals surface area contributed by atoms with Gasteiger partial charge in [-0.05, 0) is 44.9 Å². The van der Waals surface area contributed by atoms with Crippen LogP contribution < -0.4 is 10.2 Å². The van der Waals surface area contributed by atoms with Crippen molar-refractivity contribution in [2.24, 2.45) is 0 Å². The van der Waals surface area contributed by atoms with Crippen LogP contribution in [0.2, 0.25) is 0 Å². The Morgan fingerprint density at radius 2 is 2.15 bits per heavy atom. The van der Waals surface area contributed by atoms with Crippen LogP contribution in [0, 0.1) is 6.92 Å². The number of aryl methyl sites for hydroxylation is 1. The predicted molar refractivity (Wildman–Crippen MR) is 126 cm³/mol. The SMILES string of the molecule is CCC(=O)N(c1cc(C(=O)NC(C)c2ncn[nH]2)cn2c(-c3ccc(C)s3)cnc12)C1CC1. The van der Waals surface area contributed by atoms with E-state index >= 15 is 0 Å². The predicted octanol–water partition coefficient (Wildman–Crippen LogP) is 3.89. The second kappa shape index (κ2) is 8.43. The van der Waals surface area contributed by atoms with Gasteiger partial charge in [-0.15, -0.1) is 11.3 Å². The fourth-order valence-corrected chi connectivity index (χ4v) is 4.81. The summed E-state index contributed by atoms with van der Waals surface area (Å²) in [6.07, 6.45) is 7.31. The Morgan fingerprint density at radius 1 is 1.33 bits per heavy atom. The van der Waals surface area contributed by atoms with Crippen LogP contribution in [0.1, 0.15) is 60.2 Å². The number of imidazole rings is 1. The summed E-state index contributed by atoms with van der Waals surface area (Å²) in [6.45, 7) is 5.75. The fraction of sp³-hybridized carbons (Fsp3) is 0.348. The van der Waals surface area contributed by atoms with Crippen molar-refractivity contribution in [3.05, 3.63) is 53.2 Å². The number of H-pyrrole nitrogens is 1. The maximum Gasteiger partial charge on any atom is 0.253 e. The first-order valence-electron chi connectivity index (χ1n) is 11.0. The van der Waals surface area contributed by atoms with Crippen molar-refractivity contribution in [3.8, 4) is 10.6 Å². The minimum Gasteiger partial charge on any atom is -0.342 e. The molecule has 0 bridgehead atoms. The second-order valence-corrected chi connectivity index (χ2v) is 9.56. The summed E-state index contributed by atoms with van der Waals surface area (Å²) >= 11 is 1.67. The van der Waals surface area contributed by atoms with E-state index in [9.17, 15) is 9.59 Å². The molecule has 1 fully saturated rings. The number of rotatable bonds is 7. The van der Waals surface area contributed by atoms with Gasteiger partial charge in [0, 0.05) is 23.5 Å². The molecule has 1 saturated carbocycles. The number of carbonyl (C=O) groups is 2. The Labute approximate surface area is 194 Å². The van der Waals surface area contributed by atoms with E-state index in [1.165, 1.54) is 11.2 Å². The first-order valence-corrected chi connectivity index (χ1v) is 11.8. The number of hydrogen-bond acceptors (Lipinski definition) is 6. The molecule has 0 radical (unpaired) electrons. The molecule has 1 atom stereocenters. The van der Waals surface area contributed by atoms with E-state index in [1.54, 1.807) is 23.6 Å².